The Hall–Kier alpha value is -2.11. The van der Waals surface area contributed by atoms with E-state index in [1.165, 1.54) is 22.3 Å². The third kappa shape index (κ3) is 8.54. The predicted molar refractivity (Wildman–Crippen MR) is 183 cm³/mol. The maximum absolute atomic E-state index is 11.7. The summed E-state index contributed by atoms with van der Waals surface area (Å²) in [6.45, 7) is 28.1. The fraction of sp³-hybridized carbons (Fsp3) is 0.658. The molecule has 0 bridgehead atoms. The molecule has 2 aromatic carbocycles. The minimum absolute atomic E-state index is 0.0646. The third-order valence-corrected chi connectivity index (χ3v) is 14.8. The molecule has 1 heterocycles. The molecule has 240 valence electrons. The van der Waals surface area contributed by atoms with Gasteiger partial charge in [0, 0.05) is 11.8 Å². The lowest BCUT2D eigenvalue weighted by Crippen LogP contribution is -2.47. The highest BCUT2D eigenvalue weighted by molar-refractivity contribution is 6.74. The van der Waals surface area contributed by atoms with Gasteiger partial charge in [-0.2, -0.15) is 0 Å². The Morgan fingerprint density at radius 1 is 0.930 bits per heavy atom. The molecular weight excluding hydrogens is 549 g/mol. The molecule has 2 atom stereocenters. The van der Waals surface area contributed by atoms with Gasteiger partial charge in [0.1, 0.15) is 18.5 Å². The average molecular weight is 609 g/mol. The van der Waals surface area contributed by atoms with Crippen LogP contribution in [0.4, 0.5) is 0 Å². The number of benzene rings is 2. The molecule has 1 fully saturated rings. The van der Waals surface area contributed by atoms with Crippen LogP contribution in [0.3, 0.4) is 0 Å². The van der Waals surface area contributed by atoms with E-state index in [9.17, 15) is 4.79 Å². The molecule has 0 amide bonds. The summed E-state index contributed by atoms with van der Waals surface area (Å²) in [5.74, 6) is 0.753. The van der Waals surface area contributed by atoms with Crippen molar-refractivity contribution in [1.29, 1.82) is 0 Å². The zero-order valence-corrected chi connectivity index (χ0v) is 30.4. The number of carbonyl (C=O) groups excluding carboxylic acids is 1. The standard InChI is InChI=1S/C38H60O4Si/c1-13-38(14-2,31-21-22-33(28(4)25-31)40-26-32-16-15-17-35(39)41-32)30-20-18-29(27(3)24-30)19-23-34(36(5,6)7)42-43(11,12)37(8,9)10/h18,20-22,24-25,32,34H,13-17,19,23,26H2,1-12H3/t32?,34-/m1/s1. The number of aryl methyl sites for hydroxylation is 3. The maximum Gasteiger partial charge on any atom is 0.306 e. The molecule has 0 spiro atoms. The maximum atomic E-state index is 11.7. The summed E-state index contributed by atoms with van der Waals surface area (Å²) in [5.41, 5.74) is 6.64. The van der Waals surface area contributed by atoms with Crippen molar-refractivity contribution in [3.8, 4) is 5.75 Å². The Kier molecular flexibility index (Phi) is 11.4. The van der Waals surface area contributed by atoms with Gasteiger partial charge in [-0.05, 0) is 110 Å². The quantitative estimate of drug-likeness (QED) is 0.178. The fourth-order valence-electron chi connectivity index (χ4n) is 6.18. The number of cyclic esters (lactones) is 1. The lowest BCUT2D eigenvalue weighted by Gasteiger charge is -2.43. The largest absolute Gasteiger partial charge is 0.489 e. The van der Waals surface area contributed by atoms with Crippen molar-refractivity contribution < 1.29 is 18.7 Å². The Morgan fingerprint density at radius 2 is 1.53 bits per heavy atom. The molecule has 5 heteroatoms. The van der Waals surface area contributed by atoms with Gasteiger partial charge in [-0.3, -0.25) is 4.79 Å². The molecule has 0 aromatic heterocycles. The Labute approximate surface area is 264 Å². The Morgan fingerprint density at radius 3 is 2.05 bits per heavy atom. The monoisotopic (exact) mass is 608 g/mol. The summed E-state index contributed by atoms with van der Waals surface area (Å²) >= 11 is 0. The summed E-state index contributed by atoms with van der Waals surface area (Å²) < 4.78 is 18.6. The molecule has 1 unspecified atom stereocenters. The van der Waals surface area contributed by atoms with Crippen LogP contribution in [0.1, 0.15) is 122 Å². The zero-order chi connectivity index (χ0) is 32.2. The molecule has 0 N–H and O–H groups in total. The van der Waals surface area contributed by atoms with Gasteiger partial charge in [0.05, 0.1) is 6.10 Å². The minimum Gasteiger partial charge on any atom is -0.489 e. The van der Waals surface area contributed by atoms with Crippen LogP contribution in [0.15, 0.2) is 36.4 Å². The van der Waals surface area contributed by atoms with Crippen LogP contribution in [0.5, 0.6) is 5.75 Å². The van der Waals surface area contributed by atoms with Gasteiger partial charge in [0.2, 0.25) is 0 Å². The van der Waals surface area contributed by atoms with E-state index in [2.05, 4.69) is 119 Å². The first-order valence-electron chi connectivity index (χ1n) is 16.6. The molecule has 43 heavy (non-hydrogen) atoms. The lowest BCUT2D eigenvalue weighted by molar-refractivity contribution is -0.155. The number of hydrogen-bond acceptors (Lipinski definition) is 4. The van der Waals surface area contributed by atoms with Crippen LogP contribution in [0.2, 0.25) is 18.1 Å². The van der Waals surface area contributed by atoms with E-state index in [0.717, 1.165) is 49.8 Å². The predicted octanol–water partition coefficient (Wildman–Crippen LogP) is 10.3. The first-order chi connectivity index (χ1) is 19.9. The molecule has 0 saturated carbocycles. The fourth-order valence-corrected chi connectivity index (χ4v) is 7.72. The van der Waals surface area contributed by atoms with E-state index >= 15 is 0 Å². The zero-order valence-electron chi connectivity index (χ0n) is 29.4. The van der Waals surface area contributed by atoms with Crippen LogP contribution >= 0.6 is 0 Å². The second-order valence-corrected chi connectivity index (χ2v) is 20.3. The minimum atomic E-state index is -1.87. The highest BCUT2D eigenvalue weighted by Gasteiger charge is 2.41. The van der Waals surface area contributed by atoms with Crippen LogP contribution < -0.4 is 4.74 Å². The van der Waals surface area contributed by atoms with Gasteiger partial charge >= 0.3 is 5.97 Å². The molecule has 4 nitrogen and oxygen atoms in total. The van der Waals surface area contributed by atoms with Crippen molar-refractivity contribution in [2.45, 2.75) is 150 Å². The second kappa shape index (κ2) is 13.9. The van der Waals surface area contributed by atoms with Gasteiger partial charge in [0.25, 0.3) is 0 Å². The van der Waals surface area contributed by atoms with Gasteiger partial charge in [0.15, 0.2) is 8.32 Å². The van der Waals surface area contributed by atoms with E-state index in [4.69, 9.17) is 13.9 Å². The number of hydrogen-bond donors (Lipinski definition) is 0. The number of esters is 1. The van der Waals surface area contributed by atoms with Gasteiger partial charge in [-0.1, -0.05) is 85.7 Å². The Balaban J connectivity index is 1.79. The van der Waals surface area contributed by atoms with E-state index in [1.54, 1.807) is 0 Å². The van der Waals surface area contributed by atoms with Crippen LogP contribution in [0.25, 0.3) is 0 Å². The van der Waals surface area contributed by atoms with Gasteiger partial charge in [-0.15, -0.1) is 0 Å². The topological polar surface area (TPSA) is 44.8 Å². The number of ether oxygens (including phenoxy) is 2. The number of carbonyl (C=O) groups is 1. The van der Waals surface area contributed by atoms with Crippen LogP contribution in [-0.2, 0) is 25.8 Å². The SMILES string of the molecule is CCC(CC)(c1ccc(CC[C@@H](O[Si](C)(C)C(C)(C)C)C(C)(C)C)c(C)c1)c1ccc(OCC2CCCC(=O)O2)c(C)c1. The third-order valence-electron chi connectivity index (χ3n) is 10.3. The van der Waals surface area contributed by atoms with Crippen LogP contribution in [-0.4, -0.2) is 33.1 Å². The van der Waals surface area contributed by atoms with Crippen molar-refractivity contribution in [1.82, 2.24) is 0 Å². The van der Waals surface area contributed by atoms with Crippen molar-refractivity contribution in [2.75, 3.05) is 6.61 Å². The Bertz CT molecular complexity index is 1230. The van der Waals surface area contributed by atoms with Crippen molar-refractivity contribution in [3.63, 3.8) is 0 Å². The highest BCUT2D eigenvalue weighted by atomic mass is 28.4. The molecule has 0 radical (unpaired) electrons. The smallest absolute Gasteiger partial charge is 0.306 e. The normalized spacial score (nSPS) is 17.5. The summed E-state index contributed by atoms with van der Waals surface area (Å²) in [6, 6.07) is 13.8. The van der Waals surface area contributed by atoms with Crippen molar-refractivity contribution in [2.24, 2.45) is 5.41 Å². The van der Waals surface area contributed by atoms with Crippen LogP contribution in [0, 0.1) is 19.3 Å². The van der Waals surface area contributed by atoms with Gasteiger partial charge in [-0.25, -0.2) is 0 Å². The molecular formula is C38H60O4Si. The van der Waals surface area contributed by atoms with E-state index in [0.29, 0.717) is 13.0 Å². The van der Waals surface area contributed by atoms with E-state index < -0.39 is 8.32 Å². The molecule has 1 aliphatic rings. The highest BCUT2D eigenvalue weighted by Crippen LogP contribution is 2.42. The van der Waals surface area contributed by atoms with Crippen molar-refractivity contribution >= 4 is 14.3 Å². The summed E-state index contributed by atoms with van der Waals surface area (Å²) in [7, 11) is -1.87. The average Bonchev–Trinajstić information content (AvgIpc) is 2.91. The lowest BCUT2D eigenvalue weighted by atomic mass is 9.69. The number of rotatable bonds is 12. The van der Waals surface area contributed by atoms with E-state index in [-0.39, 0.29) is 34.0 Å². The van der Waals surface area contributed by atoms with Crippen molar-refractivity contribution in [3.05, 3.63) is 64.2 Å². The second-order valence-electron chi connectivity index (χ2n) is 15.5. The molecule has 1 aliphatic heterocycles. The summed E-state index contributed by atoms with van der Waals surface area (Å²) in [6.07, 6.45) is 6.44. The molecule has 3 rings (SSSR count). The van der Waals surface area contributed by atoms with Gasteiger partial charge < -0.3 is 13.9 Å². The van der Waals surface area contributed by atoms with E-state index in [1.807, 2.05) is 0 Å². The molecule has 0 aliphatic carbocycles. The first-order valence-corrected chi connectivity index (χ1v) is 19.6. The first kappa shape index (κ1) is 35.4. The molecule has 1 saturated heterocycles. The molecule has 2 aromatic rings. The summed E-state index contributed by atoms with van der Waals surface area (Å²) in [5, 5.41) is 0.199. The summed E-state index contributed by atoms with van der Waals surface area (Å²) in [4.78, 5) is 11.7.